The molecule has 2 aromatic carbocycles. The van der Waals surface area contributed by atoms with E-state index in [2.05, 4.69) is 20.7 Å². The zero-order valence-electron chi connectivity index (χ0n) is 9.70. The maximum absolute atomic E-state index is 13.7. The molecule has 0 heterocycles. The summed E-state index contributed by atoms with van der Waals surface area (Å²) in [5.74, 6) is -0.828. The number of hydrogen-bond donors (Lipinski definition) is 1. The fourth-order valence-corrected chi connectivity index (χ4v) is 3.34. The summed E-state index contributed by atoms with van der Waals surface area (Å²) in [4.78, 5) is -0.0480. The van der Waals surface area contributed by atoms with Gasteiger partial charge in [-0.2, -0.15) is 0 Å². The van der Waals surface area contributed by atoms with Gasteiger partial charge in [0.25, 0.3) is 10.0 Å². The third-order valence-electron chi connectivity index (χ3n) is 2.40. The molecule has 0 atom stereocenters. The van der Waals surface area contributed by atoms with Crippen LogP contribution in [0.5, 0.6) is 0 Å². The van der Waals surface area contributed by atoms with Gasteiger partial charge in [0.1, 0.15) is 0 Å². The zero-order valence-corrected chi connectivity index (χ0v) is 13.6. The van der Waals surface area contributed by atoms with Gasteiger partial charge in [0.15, 0.2) is 5.82 Å². The van der Waals surface area contributed by atoms with Crippen molar-refractivity contribution < 1.29 is 12.8 Å². The summed E-state index contributed by atoms with van der Waals surface area (Å²) in [5.41, 5.74) is -0.219. The molecule has 0 unspecified atom stereocenters. The fourth-order valence-electron chi connectivity index (χ4n) is 1.43. The first-order valence-corrected chi connectivity index (χ1v) is 8.26. The van der Waals surface area contributed by atoms with Gasteiger partial charge in [-0.25, -0.2) is 12.8 Å². The topological polar surface area (TPSA) is 46.2 Å². The molecule has 0 aliphatic rings. The number of rotatable bonds is 3. The Bertz CT molecular complexity index is 768. The van der Waals surface area contributed by atoms with Crippen LogP contribution in [0.1, 0.15) is 0 Å². The third kappa shape index (κ3) is 3.25. The summed E-state index contributed by atoms with van der Waals surface area (Å²) in [6, 6.07) is 8.12. The first kappa shape index (κ1) is 15.6. The van der Waals surface area contributed by atoms with Gasteiger partial charge in [0.05, 0.1) is 20.6 Å². The van der Waals surface area contributed by atoms with Gasteiger partial charge in [0.2, 0.25) is 0 Å². The first-order valence-electron chi connectivity index (χ1n) is 5.23. The quantitative estimate of drug-likeness (QED) is 0.814. The lowest BCUT2D eigenvalue weighted by atomic mass is 10.3. The molecule has 2 rings (SSSR count). The Kier molecular flexibility index (Phi) is 4.59. The van der Waals surface area contributed by atoms with Crippen molar-refractivity contribution >= 4 is 54.8 Å². The molecular weight excluding hydrogens is 392 g/mol. The molecular formula is C12H7BrCl2FNO2S. The van der Waals surface area contributed by atoms with Crippen molar-refractivity contribution in [2.45, 2.75) is 4.90 Å². The molecule has 0 radical (unpaired) electrons. The van der Waals surface area contributed by atoms with E-state index < -0.39 is 15.8 Å². The number of nitrogens with one attached hydrogen (secondary N) is 1. The first-order chi connectivity index (χ1) is 9.31. The minimum Gasteiger partial charge on any atom is -0.277 e. The highest BCUT2D eigenvalue weighted by atomic mass is 79.9. The number of sulfonamides is 1. The molecule has 2 aromatic rings. The summed E-state index contributed by atoms with van der Waals surface area (Å²) >= 11 is 14.5. The Labute approximate surface area is 133 Å². The molecule has 0 amide bonds. The van der Waals surface area contributed by atoms with Gasteiger partial charge in [-0.05, 0) is 46.3 Å². The lowest BCUT2D eigenvalue weighted by molar-refractivity contribution is 0.598. The SMILES string of the molecule is O=S(=O)(Nc1cccc(Cl)c1F)c1ccc(Cl)c(Br)c1. The average molecular weight is 399 g/mol. The van der Waals surface area contributed by atoms with E-state index in [4.69, 9.17) is 23.2 Å². The van der Waals surface area contributed by atoms with E-state index in [1.807, 2.05) is 0 Å². The zero-order chi connectivity index (χ0) is 14.9. The van der Waals surface area contributed by atoms with E-state index in [1.165, 1.54) is 36.4 Å². The lowest BCUT2D eigenvalue weighted by Gasteiger charge is -2.10. The molecule has 0 fully saturated rings. The van der Waals surface area contributed by atoms with Crippen molar-refractivity contribution in [1.29, 1.82) is 0 Å². The Morgan fingerprint density at radius 3 is 2.45 bits per heavy atom. The largest absolute Gasteiger partial charge is 0.277 e. The molecule has 8 heteroatoms. The van der Waals surface area contributed by atoms with Crippen molar-refractivity contribution in [2.24, 2.45) is 0 Å². The molecule has 20 heavy (non-hydrogen) atoms. The minimum atomic E-state index is -3.93. The van der Waals surface area contributed by atoms with Gasteiger partial charge >= 0.3 is 0 Å². The fraction of sp³-hybridized carbons (Fsp3) is 0. The van der Waals surface area contributed by atoms with Crippen LogP contribution >= 0.6 is 39.1 Å². The standard InChI is InChI=1S/C12H7BrCl2FNO2S/c13-8-6-7(4-5-9(8)14)20(18,19)17-11-3-1-2-10(15)12(11)16/h1-6,17H. The lowest BCUT2D eigenvalue weighted by Crippen LogP contribution is -2.14. The monoisotopic (exact) mass is 397 g/mol. The van der Waals surface area contributed by atoms with E-state index >= 15 is 0 Å². The van der Waals surface area contributed by atoms with Crippen molar-refractivity contribution in [3.8, 4) is 0 Å². The maximum Gasteiger partial charge on any atom is 0.262 e. The number of benzene rings is 2. The van der Waals surface area contributed by atoms with Crippen LogP contribution in [-0.2, 0) is 10.0 Å². The van der Waals surface area contributed by atoms with Crippen LogP contribution in [0.2, 0.25) is 10.0 Å². The molecule has 1 N–H and O–H groups in total. The minimum absolute atomic E-state index is 0.0480. The van der Waals surface area contributed by atoms with Crippen LogP contribution in [0.15, 0.2) is 45.8 Å². The van der Waals surface area contributed by atoms with Crippen LogP contribution in [0.4, 0.5) is 10.1 Å². The van der Waals surface area contributed by atoms with E-state index in [0.29, 0.717) is 9.50 Å². The van der Waals surface area contributed by atoms with E-state index in [-0.39, 0.29) is 15.6 Å². The molecule has 3 nitrogen and oxygen atoms in total. The molecule has 0 spiro atoms. The average Bonchev–Trinajstić information content (AvgIpc) is 2.38. The molecule has 106 valence electrons. The Hall–Kier alpha value is -0.820. The van der Waals surface area contributed by atoms with Gasteiger partial charge in [-0.15, -0.1) is 0 Å². The number of anilines is 1. The van der Waals surface area contributed by atoms with E-state index in [9.17, 15) is 12.8 Å². The van der Waals surface area contributed by atoms with Gasteiger partial charge in [-0.1, -0.05) is 29.3 Å². The normalized spacial score (nSPS) is 11.4. The van der Waals surface area contributed by atoms with Gasteiger partial charge < -0.3 is 0 Å². The van der Waals surface area contributed by atoms with E-state index in [1.54, 1.807) is 0 Å². The van der Waals surface area contributed by atoms with Crippen LogP contribution < -0.4 is 4.72 Å². The predicted octanol–water partition coefficient (Wildman–Crippen LogP) is 4.70. The predicted molar refractivity (Wildman–Crippen MR) is 81.4 cm³/mol. The highest BCUT2D eigenvalue weighted by molar-refractivity contribution is 9.10. The van der Waals surface area contributed by atoms with Crippen molar-refractivity contribution in [2.75, 3.05) is 4.72 Å². The second-order valence-corrected chi connectivity index (χ2v) is 7.13. The third-order valence-corrected chi connectivity index (χ3v) is 5.27. The molecule has 0 aliphatic heterocycles. The maximum atomic E-state index is 13.7. The van der Waals surface area contributed by atoms with Crippen LogP contribution in [0, 0.1) is 5.82 Å². The Morgan fingerprint density at radius 2 is 1.80 bits per heavy atom. The van der Waals surface area contributed by atoms with Crippen LogP contribution in [0.25, 0.3) is 0 Å². The number of hydrogen-bond acceptors (Lipinski definition) is 2. The second-order valence-electron chi connectivity index (χ2n) is 3.78. The smallest absolute Gasteiger partial charge is 0.262 e. The molecule has 0 aliphatic carbocycles. The summed E-state index contributed by atoms with van der Waals surface area (Å²) in [6.45, 7) is 0. The summed E-state index contributed by atoms with van der Waals surface area (Å²) in [7, 11) is -3.93. The van der Waals surface area contributed by atoms with Crippen molar-refractivity contribution in [1.82, 2.24) is 0 Å². The molecule has 0 saturated heterocycles. The highest BCUT2D eigenvalue weighted by Gasteiger charge is 2.18. The van der Waals surface area contributed by atoms with Gasteiger partial charge in [-0.3, -0.25) is 4.72 Å². The Balaban J connectivity index is 2.41. The molecule has 0 aromatic heterocycles. The van der Waals surface area contributed by atoms with Crippen LogP contribution in [-0.4, -0.2) is 8.42 Å². The summed E-state index contributed by atoms with van der Waals surface area (Å²) < 4.78 is 40.6. The molecule has 0 bridgehead atoms. The van der Waals surface area contributed by atoms with Gasteiger partial charge in [0, 0.05) is 4.47 Å². The molecule has 0 saturated carbocycles. The number of halogens is 4. The van der Waals surface area contributed by atoms with Crippen LogP contribution in [0.3, 0.4) is 0 Å². The van der Waals surface area contributed by atoms with E-state index in [0.717, 1.165) is 0 Å². The van der Waals surface area contributed by atoms with Crippen molar-refractivity contribution in [3.05, 3.63) is 56.7 Å². The summed E-state index contributed by atoms with van der Waals surface area (Å²) in [6.07, 6.45) is 0. The highest BCUT2D eigenvalue weighted by Crippen LogP contribution is 2.28. The van der Waals surface area contributed by atoms with Crippen molar-refractivity contribution in [3.63, 3.8) is 0 Å². The Morgan fingerprint density at radius 1 is 1.10 bits per heavy atom. The second kappa shape index (κ2) is 5.89. The summed E-state index contributed by atoms with van der Waals surface area (Å²) in [5, 5.41) is 0.209.